The van der Waals surface area contributed by atoms with Crippen molar-refractivity contribution in [1.29, 1.82) is 0 Å². The van der Waals surface area contributed by atoms with Gasteiger partial charge in [-0.2, -0.15) is 0 Å². The molecule has 13 heavy (non-hydrogen) atoms. The highest BCUT2D eigenvalue weighted by atomic mass is 16.5. The summed E-state index contributed by atoms with van der Waals surface area (Å²) in [5, 5.41) is 8.78. The Morgan fingerprint density at radius 3 is 2.77 bits per heavy atom. The molecule has 0 saturated carbocycles. The van der Waals surface area contributed by atoms with E-state index in [4.69, 9.17) is 9.84 Å². The van der Waals surface area contributed by atoms with Gasteiger partial charge in [-0.05, 0) is 13.8 Å². The van der Waals surface area contributed by atoms with Crippen molar-refractivity contribution < 1.29 is 14.6 Å². The van der Waals surface area contributed by atoms with Crippen molar-refractivity contribution >= 4 is 5.97 Å². The van der Waals surface area contributed by atoms with Crippen molar-refractivity contribution in [2.24, 2.45) is 5.92 Å². The first-order valence-corrected chi connectivity index (χ1v) is 4.70. The molecule has 1 N–H and O–H groups in total. The monoisotopic (exact) mass is 187 g/mol. The van der Waals surface area contributed by atoms with Gasteiger partial charge in [0.05, 0.1) is 6.61 Å². The predicted molar refractivity (Wildman–Crippen MR) is 48.2 cm³/mol. The first kappa shape index (κ1) is 10.5. The summed E-state index contributed by atoms with van der Waals surface area (Å²) >= 11 is 0. The highest BCUT2D eigenvalue weighted by molar-refractivity contribution is 5.75. The minimum Gasteiger partial charge on any atom is -0.465 e. The van der Waals surface area contributed by atoms with Gasteiger partial charge in [0.15, 0.2) is 0 Å². The highest BCUT2D eigenvalue weighted by Crippen LogP contribution is 2.18. The van der Waals surface area contributed by atoms with Gasteiger partial charge in [-0.1, -0.05) is 0 Å². The molecule has 1 aliphatic heterocycles. The van der Waals surface area contributed by atoms with E-state index in [2.05, 4.69) is 0 Å². The minimum absolute atomic E-state index is 0.164. The number of hydrogen-bond donors (Lipinski definition) is 1. The van der Waals surface area contributed by atoms with Crippen LogP contribution in [0.25, 0.3) is 0 Å². The molecule has 4 nitrogen and oxygen atoms in total. The Balaban J connectivity index is 2.25. The first-order valence-electron chi connectivity index (χ1n) is 4.70. The fourth-order valence-corrected chi connectivity index (χ4v) is 1.45. The molecule has 4 heteroatoms. The second-order valence-electron chi connectivity index (χ2n) is 3.43. The van der Waals surface area contributed by atoms with Crippen LogP contribution in [0.5, 0.6) is 0 Å². The quantitative estimate of drug-likeness (QED) is 0.622. The topological polar surface area (TPSA) is 49.8 Å². The second-order valence-corrected chi connectivity index (χ2v) is 3.43. The van der Waals surface area contributed by atoms with Crippen molar-refractivity contribution in [3.8, 4) is 0 Å². The SMILES string of the molecule is CCOC(=O)C(C)N1CC(CO)C1. The van der Waals surface area contributed by atoms with E-state index in [0.29, 0.717) is 12.5 Å². The summed E-state index contributed by atoms with van der Waals surface area (Å²) in [5.74, 6) is 0.177. The molecule has 0 amide bonds. The number of esters is 1. The van der Waals surface area contributed by atoms with Crippen LogP contribution in [-0.4, -0.2) is 48.3 Å². The smallest absolute Gasteiger partial charge is 0.323 e. The van der Waals surface area contributed by atoms with E-state index in [1.54, 1.807) is 6.92 Å². The average Bonchev–Trinajstić information content (AvgIpc) is 2.02. The van der Waals surface area contributed by atoms with Crippen LogP contribution in [0.1, 0.15) is 13.8 Å². The molecule has 1 heterocycles. The maximum atomic E-state index is 11.2. The molecule has 1 atom stereocenters. The van der Waals surface area contributed by atoms with Gasteiger partial charge in [-0.15, -0.1) is 0 Å². The average molecular weight is 187 g/mol. The van der Waals surface area contributed by atoms with Crippen molar-refractivity contribution in [1.82, 2.24) is 4.90 Å². The second kappa shape index (κ2) is 4.58. The number of carbonyl (C=O) groups is 1. The summed E-state index contributed by atoms with van der Waals surface area (Å²) < 4.78 is 4.89. The number of ether oxygens (including phenoxy) is 1. The zero-order chi connectivity index (χ0) is 9.84. The number of nitrogens with zero attached hydrogens (tertiary/aromatic N) is 1. The number of carbonyl (C=O) groups excluding carboxylic acids is 1. The largest absolute Gasteiger partial charge is 0.465 e. The Kier molecular flexibility index (Phi) is 3.69. The lowest BCUT2D eigenvalue weighted by atomic mass is 9.99. The van der Waals surface area contributed by atoms with Crippen LogP contribution in [0, 0.1) is 5.92 Å². The molecule has 1 saturated heterocycles. The Bertz CT molecular complexity index is 178. The summed E-state index contributed by atoms with van der Waals surface area (Å²) in [4.78, 5) is 13.3. The lowest BCUT2D eigenvalue weighted by Crippen LogP contribution is -2.55. The van der Waals surface area contributed by atoms with Gasteiger partial charge in [-0.25, -0.2) is 0 Å². The molecule has 0 aliphatic carbocycles. The van der Waals surface area contributed by atoms with Crippen LogP contribution in [0.3, 0.4) is 0 Å². The third kappa shape index (κ3) is 2.42. The van der Waals surface area contributed by atoms with Gasteiger partial charge in [0.2, 0.25) is 0 Å². The summed E-state index contributed by atoms with van der Waals surface area (Å²) in [6.45, 7) is 5.89. The van der Waals surface area contributed by atoms with Crippen LogP contribution in [0.15, 0.2) is 0 Å². The first-order chi connectivity index (χ1) is 6.19. The Labute approximate surface area is 78.5 Å². The van der Waals surface area contributed by atoms with Crippen LogP contribution in [0.2, 0.25) is 0 Å². The molecule has 0 aromatic heterocycles. The number of rotatable bonds is 4. The summed E-state index contributed by atoms with van der Waals surface area (Å²) in [6, 6.07) is -0.164. The van der Waals surface area contributed by atoms with E-state index in [9.17, 15) is 4.79 Å². The van der Waals surface area contributed by atoms with Gasteiger partial charge < -0.3 is 9.84 Å². The van der Waals surface area contributed by atoms with E-state index in [0.717, 1.165) is 13.1 Å². The molecular formula is C9H17NO3. The molecule has 0 radical (unpaired) electrons. The fourth-order valence-electron chi connectivity index (χ4n) is 1.45. The van der Waals surface area contributed by atoms with Crippen molar-refractivity contribution in [2.75, 3.05) is 26.3 Å². The lowest BCUT2D eigenvalue weighted by molar-refractivity contribution is -0.152. The molecule has 0 aromatic carbocycles. The van der Waals surface area contributed by atoms with Gasteiger partial charge in [-0.3, -0.25) is 9.69 Å². The van der Waals surface area contributed by atoms with E-state index in [-0.39, 0.29) is 18.6 Å². The van der Waals surface area contributed by atoms with Crippen molar-refractivity contribution in [3.05, 3.63) is 0 Å². The number of aliphatic hydroxyl groups excluding tert-OH is 1. The molecule has 0 aromatic rings. The molecule has 1 aliphatic rings. The van der Waals surface area contributed by atoms with Gasteiger partial charge in [0, 0.05) is 25.6 Å². The summed E-state index contributed by atoms with van der Waals surface area (Å²) in [6.07, 6.45) is 0. The minimum atomic E-state index is -0.168. The Morgan fingerprint density at radius 2 is 2.31 bits per heavy atom. The highest BCUT2D eigenvalue weighted by Gasteiger charge is 2.33. The molecule has 1 unspecified atom stereocenters. The maximum Gasteiger partial charge on any atom is 0.323 e. The van der Waals surface area contributed by atoms with E-state index < -0.39 is 0 Å². The Hall–Kier alpha value is -0.610. The van der Waals surface area contributed by atoms with Crippen LogP contribution >= 0.6 is 0 Å². The van der Waals surface area contributed by atoms with Crippen LogP contribution in [-0.2, 0) is 9.53 Å². The van der Waals surface area contributed by atoms with Gasteiger partial charge in [0.25, 0.3) is 0 Å². The van der Waals surface area contributed by atoms with E-state index in [1.807, 2.05) is 11.8 Å². The summed E-state index contributed by atoms with van der Waals surface area (Å²) in [7, 11) is 0. The zero-order valence-corrected chi connectivity index (χ0v) is 8.19. The van der Waals surface area contributed by atoms with Gasteiger partial charge in [0.1, 0.15) is 6.04 Å². The van der Waals surface area contributed by atoms with E-state index in [1.165, 1.54) is 0 Å². The molecule has 0 spiro atoms. The molecule has 1 fully saturated rings. The molecule has 0 bridgehead atoms. The number of aliphatic hydroxyl groups is 1. The van der Waals surface area contributed by atoms with Crippen LogP contribution in [0.4, 0.5) is 0 Å². The standard InChI is InChI=1S/C9H17NO3/c1-3-13-9(12)7(2)10-4-8(5-10)6-11/h7-8,11H,3-6H2,1-2H3. The Morgan fingerprint density at radius 1 is 1.69 bits per heavy atom. The fraction of sp³-hybridized carbons (Fsp3) is 0.889. The normalized spacial score (nSPS) is 20.8. The van der Waals surface area contributed by atoms with Crippen LogP contribution < -0.4 is 0 Å². The molecule has 1 rings (SSSR count). The molecule has 76 valence electrons. The number of likely N-dealkylation sites (tertiary alicyclic amines) is 1. The lowest BCUT2D eigenvalue weighted by Gasteiger charge is -2.41. The third-order valence-corrected chi connectivity index (χ3v) is 2.42. The predicted octanol–water partition coefficient (Wildman–Crippen LogP) is -0.138. The van der Waals surface area contributed by atoms with Crippen molar-refractivity contribution in [2.45, 2.75) is 19.9 Å². The zero-order valence-electron chi connectivity index (χ0n) is 8.19. The molecular weight excluding hydrogens is 170 g/mol. The number of hydrogen-bond acceptors (Lipinski definition) is 4. The van der Waals surface area contributed by atoms with Gasteiger partial charge >= 0.3 is 5.97 Å². The van der Waals surface area contributed by atoms with Crippen molar-refractivity contribution in [3.63, 3.8) is 0 Å². The maximum absolute atomic E-state index is 11.2. The third-order valence-electron chi connectivity index (χ3n) is 2.42. The van der Waals surface area contributed by atoms with E-state index >= 15 is 0 Å². The summed E-state index contributed by atoms with van der Waals surface area (Å²) in [5.41, 5.74) is 0.